The number of carbonyl (C=O) groups excluding carboxylic acids is 1. The summed E-state index contributed by atoms with van der Waals surface area (Å²) in [5.41, 5.74) is -0.293. The maximum absolute atomic E-state index is 14.0. The standard InChI is InChI=1S/C27H32F2N2O2/c28-21-12-11-18(25(29)13-21)15-31-16-23-22(24(23)17-31)14-30-26(32)27(33,19-7-3-1-4-8-19)20-9-5-2-6-10-20/h1,3-4,7-8,11-13,20,22-24,33H,2,5-6,9-10,14-17H2,(H,30,32). The van der Waals surface area contributed by atoms with Crippen LogP contribution >= 0.6 is 0 Å². The highest BCUT2D eigenvalue weighted by atomic mass is 19.1. The molecule has 0 aromatic heterocycles. The van der Waals surface area contributed by atoms with Crippen LogP contribution in [0.1, 0.15) is 43.2 Å². The molecular weight excluding hydrogens is 422 g/mol. The molecule has 1 aliphatic heterocycles. The van der Waals surface area contributed by atoms with Crippen LogP contribution in [0.2, 0.25) is 0 Å². The lowest BCUT2D eigenvalue weighted by atomic mass is 9.73. The Labute approximate surface area is 194 Å². The molecule has 3 atom stereocenters. The summed E-state index contributed by atoms with van der Waals surface area (Å²) in [6, 6.07) is 13.1. The van der Waals surface area contributed by atoms with Crippen LogP contribution in [-0.4, -0.2) is 35.5 Å². The van der Waals surface area contributed by atoms with Gasteiger partial charge in [-0.1, -0.05) is 55.7 Å². The third kappa shape index (κ3) is 4.43. The Balaban J connectivity index is 1.17. The number of benzene rings is 2. The Morgan fingerprint density at radius 2 is 1.73 bits per heavy atom. The van der Waals surface area contributed by atoms with Crippen molar-refractivity contribution in [2.24, 2.45) is 23.7 Å². The average molecular weight is 455 g/mol. The molecule has 2 saturated carbocycles. The second-order valence-corrected chi connectivity index (χ2v) is 10.1. The summed E-state index contributed by atoms with van der Waals surface area (Å²) < 4.78 is 27.1. The number of likely N-dealkylation sites (tertiary alicyclic amines) is 1. The molecular formula is C27H32F2N2O2. The van der Waals surface area contributed by atoms with E-state index >= 15 is 0 Å². The predicted molar refractivity (Wildman–Crippen MR) is 122 cm³/mol. The van der Waals surface area contributed by atoms with Gasteiger partial charge in [0.2, 0.25) is 0 Å². The van der Waals surface area contributed by atoms with Crippen molar-refractivity contribution in [3.8, 4) is 0 Å². The first-order valence-electron chi connectivity index (χ1n) is 12.2. The van der Waals surface area contributed by atoms with E-state index in [2.05, 4.69) is 10.2 Å². The number of nitrogens with zero attached hydrogens (tertiary/aromatic N) is 1. The van der Waals surface area contributed by atoms with Gasteiger partial charge in [0, 0.05) is 43.7 Å². The lowest BCUT2D eigenvalue weighted by molar-refractivity contribution is -0.149. The van der Waals surface area contributed by atoms with Crippen LogP contribution in [0.3, 0.4) is 0 Å². The molecule has 0 bridgehead atoms. The van der Waals surface area contributed by atoms with E-state index in [1.54, 1.807) is 0 Å². The van der Waals surface area contributed by atoms with Crippen LogP contribution in [0.25, 0.3) is 0 Å². The van der Waals surface area contributed by atoms with Crippen molar-refractivity contribution in [1.82, 2.24) is 10.2 Å². The van der Waals surface area contributed by atoms with Gasteiger partial charge in [-0.05, 0) is 42.2 Å². The molecule has 1 saturated heterocycles. The second-order valence-electron chi connectivity index (χ2n) is 10.1. The van der Waals surface area contributed by atoms with Gasteiger partial charge in [0.15, 0.2) is 5.60 Å². The molecule has 1 amide bonds. The molecule has 0 radical (unpaired) electrons. The molecule has 4 nitrogen and oxygen atoms in total. The lowest BCUT2D eigenvalue weighted by Gasteiger charge is -2.37. The highest BCUT2D eigenvalue weighted by Crippen LogP contribution is 2.51. The van der Waals surface area contributed by atoms with E-state index in [-0.39, 0.29) is 11.8 Å². The minimum Gasteiger partial charge on any atom is -0.375 e. The zero-order valence-corrected chi connectivity index (χ0v) is 18.9. The minimum atomic E-state index is -1.49. The Kier molecular flexibility index (Phi) is 6.23. The summed E-state index contributed by atoms with van der Waals surface area (Å²) in [6.45, 7) is 2.75. The van der Waals surface area contributed by atoms with Crippen molar-refractivity contribution in [3.05, 3.63) is 71.3 Å². The normalized spacial score (nSPS) is 27.1. The summed E-state index contributed by atoms with van der Waals surface area (Å²) in [7, 11) is 0. The zero-order valence-electron chi connectivity index (χ0n) is 18.9. The molecule has 2 N–H and O–H groups in total. The highest BCUT2D eigenvalue weighted by molar-refractivity contribution is 5.86. The fourth-order valence-corrected chi connectivity index (χ4v) is 6.17. The molecule has 176 valence electrons. The van der Waals surface area contributed by atoms with Gasteiger partial charge in [-0.25, -0.2) is 8.78 Å². The molecule has 6 heteroatoms. The Morgan fingerprint density at radius 1 is 1.03 bits per heavy atom. The van der Waals surface area contributed by atoms with Gasteiger partial charge in [0.1, 0.15) is 11.6 Å². The van der Waals surface area contributed by atoms with Crippen molar-refractivity contribution in [2.75, 3.05) is 19.6 Å². The highest BCUT2D eigenvalue weighted by Gasteiger charge is 2.55. The largest absolute Gasteiger partial charge is 0.375 e. The maximum atomic E-state index is 14.0. The topological polar surface area (TPSA) is 52.6 Å². The summed E-state index contributed by atoms with van der Waals surface area (Å²) >= 11 is 0. The average Bonchev–Trinajstić information content (AvgIpc) is 3.29. The molecule has 1 heterocycles. The number of nitrogens with one attached hydrogen (secondary N) is 1. The minimum absolute atomic E-state index is 0.0616. The SMILES string of the molecule is O=C(NCC1C2CN(Cc3ccc(F)cc3F)CC12)C(O)(c1ccccc1)C1CCCCC1. The smallest absolute Gasteiger partial charge is 0.256 e. The number of halogens is 2. The van der Waals surface area contributed by atoms with Gasteiger partial charge in [-0.2, -0.15) is 0 Å². The van der Waals surface area contributed by atoms with Crippen molar-refractivity contribution in [2.45, 2.75) is 44.2 Å². The zero-order chi connectivity index (χ0) is 23.0. The number of carbonyl (C=O) groups is 1. The molecule has 3 aliphatic rings. The van der Waals surface area contributed by atoms with Gasteiger partial charge in [0.05, 0.1) is 0 Å². The number of piperidine rings is 1. The van der Waals surface area contributed by atoms with E-state index in [9.17, 15) is 18.7 Å². The quantitative estimate of drug-likeness (QED) is 0.659. The van der Waals surface area contributed by atoms with Crippen LogP contribution in [0, 0.1) is 35.3 Å². The fraction of sp³-hybridized carbons (Fsp3) is 0.519. The van der Waals surface area contributed by atoms with Crippen LogP contribution < -0.4 is 5.32 Å². The predicted octanol–water partition coefficient (Wildman–Crippen LogP) is 4.23. The molecule has 3 unspecified atom stereocenters. The first kappa shape index (κ1) is 22.5. The van der Waals surface area contributed by atoms with Crippen molar-refractivity contribution >= 4 is 5.91 Å². The molecule has 2 aromatic carbocycles. The maximum Gasteiger partial charge on any atom is 0.256 e. The van der Waals surface area contributed by atoms with E-state index < -0.39 is 17.2 Å². The first-order chi connectivity index (χ1) is 16.0. The van der Waals surface area contributed by atoms with E-state index in [1.807, 2.05) is 30.3 Å². The Hall–Kier alpha value is -2.31. The van der Waals surface area contributed by atoms with Crippen molar-refractivity contribution in [3.63, 3.8) is 0 Å². The summed E-state index contributed by atoms with van der Waals surface area (Å²) in [5, 5.41) is 14.8. The van der Waals surface area contributed by atoms with Crippen LogP contribution in [0.15, 0.2) is 48.5 Å². The third-order valence-corrected chi connectivity index (χ3v) is 8.11. The van der Waals surface area contributed by atoms with Crippen molar-refractivity contribution in [1.29, 1.82) is 0 Å². The number of amides is 1. The Bertz CT molecular complexity index is 983. The van der Waals surface area contributed by atoms with Crippen LogP contribution in [0.4, 0.5) is 8.78 Å². The Morgan fingerprint density at radius 3 is 2.39 bits per heavy atom. The molecule has 0 spiro atoms. The molecule has 2 aromatic rings. The van der Waals surface area contributed by atoms with E-state index in [0.29, 0.717) is 42.0 Å². The van der Waals surface area contributed by atoms with Crippen molar-refractivity contribution < 1.29 is 18.7 Å². The molecule has 2 aliphatic carbocycles. The van der Waals surface area contributed by atoms with Gasteiger partial charge in [-0.15, -0.1) is 0 Å². The third-order valence-electron chi connectivity index (χ3n) is 8.11. The number of hydrogen-bond donors (Lipinski definition) is 2. The van der Waals surface area contributed by atoms with E-state index in [0.717, 1.165) is 51.3 Å². The summed E-state index contributed by atoms with van der Waals surface area (Å²) in [5.74, 6) is -0.0390. The fourth-order valence-electron chi connectivity index (χ4n) is 6.17. The lowest BCUT2D eigenvalue weighted by Crippen LogP contribution is -2.50. The monoisotopic (exact) mass is 454 g/mol. The first-order valence-corrected chi connectivity index (χ1v) is 12.2. The molecule has 5 rings (SSSR count). The summed E-state index contributed by atoms with van der Waals surface area (Å²) in [6.07, 6.45) is 4.98. The number of fused-ring (bicyclic) bond motifs is 1. The number of aliphatic hydroxyl groups is 1. The van der Waals surface area contributed by atoms with E-state index in [4.69, 9.17) is 0 Å². The van der Waals surface area contributed by atoms with Crippen LogP contribution in [0.5, 0.6) is 0 Å². The number of rotatable bonds is 7. The molecule has 33 heavy (non-hydrogen) atoms. The van der Waals surface area contributed by atoms with E-state index in [1.165, 1.54) is 12.1 Å². The van der Waals surface area contributed by atoms with Gasteiger partial charge >= 0.3 is 0 Å². The van der Waals surface area contributed by atoms with Gasteiger partial charge in [0.25, 0.3) is 5.91 Å². The molecule has 3 fully saturated rings. The van der Waals surface area contributed by atoms with Crippen LogP contribution in [-0.2, 0) is 16.9 Å². The second kappa shape index (κ2) is 9.15. The summed E-state index contributed by atoms with van der Waals surface area (Å²) in [4.78, 5) is 15.5. The van der Waals surface area contributed by atoms with Gasteiger partial charge < -0.3 is 10.4 Å². The number of hydrogen-bond acceptors (Lipinski definition) is 3. The van der Waals surface area contributed by atoms with Gasteiger partial charge in [-0.3, -0.25) is 9.69 Å².